The van der Waals surface area contributed by atoms with Crippen LogP contribution in [0.3, 0.4) is 0 Å². The zero-order chi connectivity index (χ0) is 15.1. The Hall–Kier alpha value is -1.71. The Bertz CT molecular complexity index is 446. The Balaban J connectivity index is 2.67. The molecular formula is C16H26N2O2. The predicted octanol–water partition coefficient (Wildman–Crippen LogP) is 3.11. The van der Waals surface area contributed by atoms with Crippen LogP contribution >= 0.6 is 0 Å². The molecule has 1 aromatic carbocycles. The second kappa shape index (κ2) is 7.78. The number of nitrogens with one attached hydrogen (secondary N) is 2. The number of hydrogen-bond donors (Lipinski definition) is 2. The highest BCUT2D eigenvalue weighted by Gasteiger charge is 2.16. The molecule has 0 aliphatic carbocycles. The third kappa shape index (κ3) is 4.76. The standard InChI is InChI=1S/C16H26N2O2/c1-6-7-12(3)17-16(19)13(4)18-14-10-11(2)8-9-15(14)20-5/h8-10,12-13,18H,6-7H2,1-5H3,(H,17,19). The highest BCUT2D eigenvalue weighted by Crippen LogP contribution is 2.25. The van der Waals surface area contributed by atoms with E-state index < -0.39 is 0 Å². The van der Waals surface area contributed by atoms with Gasteiger partial charge in [0.2, 0.25) is 5.91 Å². The lowest BCUT2D eigenvalue weighted by Gasteiger charge is -2.20. The van der Waals surface area contributed by atoms with Gasteiger partial charge >= 0.3 is 0 Å². The van der Waals surface area contributed by atoms with E-state index in [4.69, 9.17) is 4.74 Å². The maximum absolute atomic E-state index is 12.1. The Kier molecular flexibility index (Phi) is 6.36. The highest BCUT2D eigenvalue weighted by atomic mass is 16.5. The Morgan fingerprint density at radius 1 is 1.35 bits per heavy atom. The molecule has 4 heteroatoms. The molecule has 20 heavy (non-hydrogen) atoms. The summed E-state index contributed by atoms with van der Waals surface area (Å²) in [7, 11) is 1.63. The monoisotopic (exact) mass is 278 g/mol. The first kappa shape index (κ1) is 16.3. The van der Waals surface area contributed by atoms with Gasteiger partial charge in [-0.25, -0.2) is 0 Å². The second-order valence-corrected chi connectivity index (χ2v) is 5.27. The second-order valence-electron chi connectivity index (χ2n) is 5.27. The Morgan fingerprint density at radius 2 is 2.05 bits per heavy atom. The molecule has 2 atom stereocenters. The maximum atomic E-state index is 12.1. The molecule has 0 spiro atoms. The number of methoxy groups -OCH3 is 1. The lowest BCUT2D eigenvalue weighted by molar-refractivity contribution is -0.122. The summed E-state index contributed by atoms with van der Waals surface area (Å²) in [6.45, 7) is 8.01. The van der Waals surface area contributed by atoms with Crippen molar-refractivity contribution in [3.63, 3.8) is 0 Å². The SMILES string of the molecule is CCCC(C)NC(=O)C(C)Nc1cc(C)ccc1OC. The number of carbonyl (C=O) groups excluding carboxylic acids is 1. The summed E-state index contributed by atoms with van der Waals surface area (Å²) < 4.78 is 5.31. The molecule has 2 N–H and O–H groups in total. The van der Waals surface area contributed by atoms with Crippen LogP contribution in [0.15, 0.2) is 18.2 Å². The smallest absolute Gasteiger partial charge is 0.242 e. The Morgan fingerprint density at radius 3 is 2.65 bits per heavy atom. The van der Waals surface area contributed by atoms with E-state index in [1.54, 1.807) is 7.11 Å². The molecule has 1 aromatic rings. The van der Waals surface area contributed by atoms with E-state index in [1.807, 2.05) is 39.0 Å². The van der Waals surface area contributed by atoms with Gasteiger partial charge < -0.3 is 15.4 Å². The van der Waals surface area contributed by atoms with Gasteiger partial charge in [0.05, 0.1) is 12.8 Å². The lowest BCUT2D eigenvalue weighted by atomic mass is 10.1. The topological polar surface area (TPSA) is 50.4 Å². The molecule has 0 aliphatic heterocycles. The third-order valence-corrected chi connectivity index (χ3v) is 3.23. The van der Waals surface area contributed by atoms with Crippen molar-refractivity contribution >= 4 is 11.6 Å². The summed E-state index contributed by atoms with van der Waals surface area (Å²) in [6.07, 6.45) is 2.06. The maximum Gasteiger partial charge on any atom is 0.242 e. The average Bonchev–Trinajstić information content (AvgIpc) is 2.39. The molecule has 1 rings (SSSR count). The van der Waals surface area contributed by atoms with E-state index in [-0.39, 0.29) is 18.0 Å². The first-order valence-corrected chi connectivity index (χ1v) is 7.19. The number of aryl methyl sites for hydroxylation is 1. The largest absolute Gasteiger partial charge is 0.495 e. The summed E-state index contributed by atoms with van der Waals surface area (Å²) in [4.78, 5) is 12.1. The minimum Gasteiger partial charge on any atom is -0.495 e. The molecule has 0 aromatic heterocycles. The van der Waals surface area contributed by atoms with Crippen LogP contribution in [0.1, 0.15) is 39.2 Å². The minimum atomic E-state index is -0.301. The van der Waals surface area contributed by atoms with Gasteiger partial charge in [-0.2, -0.15) is 0 Å². The van der Waals surface area contributed by atoms with Crippen molar-refractivity contribution in [1.82, 2.24) is 5.32 Å². The van der Waals surface area contributed by atoms with Crippen LogP contribution in [0.2, 0.25) is 0 Å². The molecule has 0 saturated carbocycles. The van der Waals surface area contributed by atoms with Crippen molar-refractivity contribution in [2.24, 2.45) is 0 Å². The Labute approximate surface area is 121 Å². The molecule has 0 aliphatic rings. The fourth-order valence-electron chi connectivity index (χ4n) is 2.11. The zero-order valence-corrected chi connectivity index (χ0v) is 13.1. The molecular weight excluding hydrogens is 252 g/mol. The first-order chi connectivity index (χ1) is 9.47. The predicted molar refractivity (Wildman–Crippen MR) is 83.3 cm³/mol. The molecule has 0 fully saturated rings. The van der Waals surface area contributed by atoms with Gasteiger partial charge in [0.1, 0.15) is 11.8 Å². The van der Waals surface area contributed by atoms with Crippen molar-refractivity contribution in [2.75, 3.05) is 12.4 Å². The fraction of sp³-hybridized carbons (Fsp3) is 0.562. The lowest BCUT2D eigenvalue weighted by Crippen LogP contribution is -2.42. The van der Waals surface area contributed by atoms with Crippen LogP contribution in [0.5, 0.6) is 5.75 Å². The van der Waals surface area contributed by atoms with Gasteiger partial charge in [0, 0.05) is 6.04 Å². The number of anilines is 1. The van der Waals surface area contributed by atoms with Gasteiger partial charge in [0.25, 0.3) is 0 Å². The van der Waals surface area contributed by atoms with E-state index in [0.29, 0.717) is 0 Å². The molecule has 0 saturated heterocycles. The van der Waals surface area contributed by atoms with Gasteiger partial charge in [0.15, 0.2) is 0 Å². The van der Waals surface area contributed by atoms with E-state index in [1.165, 1.54) is 0 Å². The molecule has 4 nitrogen and oxygen atoms in total. The number of benzene rings is 1. The summed E-state index contributed by atoms with van der Waals surface area (Å²) >= 11 is 0. The third-order valence-electron chi connectivity index (χ3n) is 3.23. The van der Waals surface area contributed by atoms with Crippen molar-refractivity contribution < 1.29 is 9.53 Å². The van der Waals surface area contributed by atoms with E-state index >= 15 is 0 Å². The summed E-state index contributed by atoms with van der Waals surface area (Å²) in [5.74, 6) is 0.756. The fourth-order valence-corrected chi connectivity index (χ4v) is 2.11. The molecule has 112 valence electrons. The van der Waals surface area contributed by atoms with Gasteiger partial charge in [-0.05, 0) is 44.9 Å². The normalized spacial score (nSPS) is 13.4. The number of amides is 1. The number of carbonyl (C=O) groups is 1. The molecule has 2 unspecified atom stereocenters. The number of ether oxygens (including phenoxy) is 1. The minimum absolute atomic E-state index is 0.00880. The van der Waals surface area contributed by atoms with Crippen molar-refractivity contribution in [2.45, 2.75) is 52.6 Å². The van der Waals surface area contributed by atoms with Gasteiger partial charge in [-0.3, -0.25) is 4.79 Å². The zero-order valence-electron chi connectivity index (χ0n) is 13.1. The van der Waals surface area contributed by atoms with E-state index in [0.717, 1.165) is 29.8 Å². The number of hydrogen-bond acceptors (Lipinski definition) is 3. The quantitative estimate of drug-likeness (QED) is 0.805. The molecule has 0 radical (unpaired) electrons. The van der Waals surface area contributed by atoms with Crippen molar-refractivity contribution in [3.05, 3.63) is 23.8 Å². The number of rotatable bonds is 7. The highest BCUT2D eigenvalue weighted by molar-refractivity contribution is 5.85. The first-order valence-electron chi connectivity index (χ1n) is 7.19. The molecule has 0 heterocycles. The van der Waals surface area contributed by atoms with Crippen LogP contribution in [0.25, 0.3) is 0 Å². The van der Waals surface area contributed by atoms with Crippen LogP contribution in [0, 0.1) is 6.92 Å². The van der Waals surface area contributed by atoms with E-state index in [2.05, 4.69) is 17.6 Å². The van der Waals surface area contributed by atoms with E-state index in [9.17, 15) is 4.79 Å². The molecule has 0 bridgehead atoms. The summed E-state index contributed by atoms with van der Waals surface area (Å²) in [6, 6.07) is 5.78. The van der Waals surface area contributed by atoms with Crippen LogP contribution in [-0.2, 0) is 4.79 Å². The van der Waals surface area contributed by atoms with Gasteiger partial charge in [-0.15, -0.1) is 0 Å². The molecule has 1 amide bonds. The van der Waals surface area contributed by atoms with Crippen LogP contribution in [0.4, 0.5) is 5.69 Å². The summed E-state index contributed by atoms with van der Waals surface area (Å²) in [5, 5.41) is 6.22. The van der Waals surface area contributed by atoms with Crippen LogP contribution in [-0.4, -0.2) is 25.1 Å². The van der Waals surface area contributed by atoms with Crippen LogP contribution < -0.4 is 15.4 Å². The average molecular weight is 278 g/mol. The van der Waals surface area contributed by atoms with Crippen molar-refractivity contribution in [1.29, 1.82) is 0 Å². The van der Waals surface area contributed by atoms with Crippen molar-refractivity contribution in [3.8, 4) is 5.75 Å². The summed E-state index contributed by atoms with van der Waals surface area (Å²) in [5.41, 5.74) is 1.97. The van der Waals surface area contributed by atoms with Gasteiger partial charge in [-0.1, -0.05) is 19.4 Å².